The molecule has 0 spiro atoms. The molecule has 0 aliphatic heterocycles. The number of hydrogen-bond acceptors (Lipinski definition) is 3. The fraction of sp³-hybridized carbons (Fsp3) is 0.417. The van der Waals surface area contributed by atoms with Crippen molar-refractivity contribution in [1.29, 1.82) is 0 Å². The van der Waals surface area contributed by atoms with Gasteiger partial charge in [-0.05, 0) is 13.0 Å². The van der Waals surface area contributed by atoms with E-state index in [0.29, 0.717) is 5.56 Å². The summed E-state index contributed by atoms with van der Waals surface area (Å²) in [6.07, 6.45) is 0. The summed E-state index contributed by atoms with van der Waals surface area (Å²) in [6, 6.07) is 6.64. The third-order valence-corrected chi connectivity index (χ3v) is 3.32. The van der Waals surface area contributed by atoms with Crippen molar-refractivity contribution in [2.24, 2.45) is 5.73 Å². The first-order chi connectivity index (χ1) is 7.21. The number of para-hydroxylation sites is 1. The number of benzene rings is 1. The summed E-state index contributed by atoms with van der Waals surface area (Å²) in [5, 5.41) is 18.9. The Hall–Kier alpha value is -1.55. The molecule has 0 saturated carbocycles. The average Bonchev–Trinajstić information content (AvgIpc) is 2.17. The van der Waals surface area contributed by atoms with E-state index in [0.717, 1.165) is 0 Å². The highest BCUT2D eigenvalue weighted by Crippen LogP contribution is 2.38. The molecule has 0 aliphatic rings. The monoisotopic (exact) mass is 223 g/mol. The second kappa shape index (κ2) is 3.79. The number of phenolic OH excluding ortho intramolecular Hbond substituents is 1. The van der Waals surface area contributed by atoms with Crippen LogP contribution in [-0.2, 0) is 10.2 Å². The molecule has 1 rings (SSSR count). The second-order valence-corrected chi connectivity index (χ2v) is 4.65. The quantitative estimate of drug-likeness (QED) is 0.724. The molecule has 1 unspecified atom stereocenters. The van der Waals surface area contributed by atoms with Crippen LogP contribution in [0.4, 0.5) is 0 Å². The lowest BCUT2D eigenvalue weighted by Crippen LogP contribution is -2.58. The van der Waals surface area contributed by atoms with E-state index in [1.165, 1.54) is 13.0 Å². The number of aromatic hydroxyl groups is 1. The first-order valence-corrected chi connectivity index (χ1v) is 5.02. The Morgan fingerprint density at radius 3 is 2.19 bits per heavy atom. The number of aliphatic carboxylic acids is 1. The van der Waals surface area contributed by atoms with Crippen molar-refractivity contribution in [2.75, 3.05) is 0 Å². The number of nitrogens with two attached hydrogens (primary N) is 1. The van der Waals surface area contributed by atoms with Crippen LogP contribution >= 0.6 is 0 Å². The molecule has 1 aromatic carbocycles. The SMILES string of the molecule is CC(N)(C(=O)O)C(C)(C)c1ccccc1O. The van der Waals surface area contributed by atoms with Gasteiger partial charge in [0.1, 0.15) is 11.3 Å². The van der Waals surface area contributed by atoms with Crippen LogP contribution < -0.4 is 5.73 Å². The molecule has 0 saturated heterocycles. The summed E-state index contributed by atoms with van der Waals surface area (Å²) in [5.41, 5.74) is 4.03. The van der Waals surface area contributed by atoms with E-state index in [2.05, 4.69) is 0 Å². The Morgan fingerprint density at radius 2 is 1.75 bits per heavy atom. The minimum absolute atomic E-state index is 0.0606. The summed E-state index contributed by atoms with van der Waals surface area (Å²) < 4.78 is 0. The molecule has 1 atom stereocenters. The predicted octanol–water partition coefficient (Wildman–Crippen LogP) is 1.47. The molecule has 0 aliphatic carbocycles. The molecule has 0 heterocycles. The molecule has 16 heavy (non-hydrogen) atoms. The summed E-state index contributed by atoms with van der Waals surface area (Å²) in [7, 11) is 0. The van der Waals surface area contributed by atoms with E-state index >= 15 is 0 Å². The fourth-order valence-corrected chi connectivity index (χ4v) is 1.55. The number of carbonyl (C=O) groups is 1. The smallest absolute Gasteiger partial charge is 0.324 e. The molecule has 1 aromatic rings. The van der Waals surface area contributed by atoms with Crippen LogP contribution in [0.2, 0.25) is 0 Å². The van der Waals surface area contributed by atoms with Crippen molar-refractivity contribution < 1.29 is 15.0 Å². The van der Waals surface area contributed by atoms with Crippen molar-refractivity contribution in [3.63, 3.8) is 0 Å². The highest BCUT2D eigenvalue weighted by Gasteiger charge is 2.46. The molecule has 0 bridgehead atoms. The van der Waals surface area contributed by atoms with Crippen LogP contribution in [0.1, 0.15) is 26.3 Å². The topological polar surface area (TPSA) is 83.6 Å². The lowest BCUT2D eigenvalue weighted by Gasteiger charge is -2.38. The zero-order chi connectivity index (χ0) is 12.6. The first kappa shape index (κ1) is 12.5. The van der Waals surface area contributed by atoms with Crippen molar-refractivity contribution in [1.82, 2.24) is 0 Å². The third kappa shape index (κ3) is 1.76. The molecule has 4 N–H and O–H groups in total. The molecule has 0 fully saturated rings. The zero-order valence-electron chi connectivity index (χ0n) is 9.69. The molecule has 88 valence electrons. The van der Waals surface area contributed by atoms with Gasteiger partial charge in [0.25, 0.3) is 0 Å². The normalized spacial score (nSPS) is 15.5. The maximum absolute atomic E-state index is 11.1. The highest BCUT2D eigenvalue weighted by atomic mass is 16.4. The van der Waals surface area contributed by atoms with Gasteiger partial charge >= 0.3 is 5.97 Å². The first-order valence-electron chi connectivity index (χ1n) is 5.02. The van der Waals surface area contributed by atoms with Gasteiger partial charge in [-0.15, -0.1) is 0 Å². The number of phenols is 1. The molecule has 4 nitrogen and oxygen atoms in total. The van der Waals surface area contributed by atoms with Crippen LogP contribution in [0.3, 0.4) is 0 Å². The van der Waals surface area contributed by atoms with Gasteiger partial charge in [0.15, 0.2) is 0 Å². The second-order valence-electron chi connectivity index (χ2n) is 4.65. The Bertz CT molecular complexity index is 410. The largest absolute Gasteiger partial charge is 0.508 e. The Kier molecular flexibility index (Phi) is 2.97. The minimum Gasteiger partial charge on any atom is -0.508 e. The number of carboxylic acids is 1. The van der Waals surface area contributed by atoms with E-state index in [9.17, 15) is 9.90 Å². The van der Waals surface area contributed by atoms with Gasteiger partial charge in [-0.1, -0.05) is 32.0 Å². The van der Waals surface area contributed by atoms with E-state index in [-0.39, 0.29) is 5.75 Å². The summed E-state index contributed by atoms with van der Waals surface area (Å²) in [5.74, 6) is -1.04. The van der Waals surface area contributed by atoms with Crippen molar-refractivity contribution in [3.8, 4) is 5.75 Å². The fourth-order valence-electron chi connectivity index (χ4n) is 1.55. The van der Waals surface area contributed by atoms with Gasteiger partial charge in [-0.25, -0.2) is 0 Å². The van der Waals surface area contributed by atoms with Crippen molar-refractivity contribution in [2.45, 2.75) is 31.7 Å². The lowest BCUT2D eigenvalue weighted by molar-refractivity contribution is -0.145. The number of rotatable bonds is 3. The summed E-state index contributed by atoms with van der Waals surface area (Å²) >= 11 is 0. The standard InChI is InChI=1S/C12H17NO3/c1-11(2,12(3,13)10(15)16)8-6-4-5-7-9(8)14/h4-7,14H,13H2,1-3H3,(H,15,16). The Morgan fingerprint density at radius 1 is 1.25 bits per heavy atom. The maximum Gasteiger partial charge on any atom is 0.324 e. The van der Waals surface area contributed by atoms with Crippen molar-refractivity contribution >= 4 is 5.97 Å². The van der Waals surface area contributed by atoms with E-state index in [4.69, 9.17) is 10.8 Å². The average molecular weight is 223 g/mol. The van der Waals surface area contributed by atoms with Gasteiger partial charge in [0, 0.05) is 11.0 Å². The summed E-state index contributed by atoms with van der Waals surface area (Å²) in [4.78, 5) is 11.1. The van der Waals surface area contributed by atoms with Crippen LogP contribution in [-0.4, -0.2) is 21.7 Å². The molecule has 0 radical (unpaired) electrons. The van der Waals surface area contributed by atoms with Gasteiger partial charge < -0.3 is 15.9 Å². The van der Waals surface area contributed by atoms with E-state index < -0.39 is 16.9 Å². The zero-order valence-corrected chi connectivity index (χ0v) is 9.69. The van der Waals surface area contributed by atoms with Crippen LogP contribution in [0.25, 0.3) is 0 Å². The van der Waals surface area contributed by atoms with Gasteiger partial charge in [-0.2, -0.15) is 0 Å². The van der Waals surface area contributed by atoms with Crippen LogP contribution in [0.5, 0.6) is 5.75 Å². The summed E-state index contributed by atoms with van der Waals surface area (Å²) in [6.45, 7) is 4.86. The Labute approximate surface area is 94.7 Å². The lowest BCUT2D eigenvalue weighted by atomic mass is 9.69. The number of hydrogen-bond donors (Lipinski definition) is 3. The minimum atomic E-state index is -1.45. The van der Waals surface area contributed by atoms with Crippen LogP contribution in [0.15, 0.2) is 24.3 Å². The number of carboxylic acid groups (broad SMARTS) is 1. The maximum atomic E-state index is 11.1. The van der Waals surface area contributed by atoms with Crippen molar-refractivity contribution in [3.05, 3.63) is 29.8 Å². The van der Waals surface area contributed by atoms with Crippen LogP contribution in [0, 0.1) is 0 Å². The van der Waals surface area contributed by atoms with Gasteiger partial charge in [-0.3, -0.25) is 4.79 Å². The molecular formula is C12H17NO3. The van der Waals surface area contributed by atoms with Gasteiger partial charge in [0.2, 0.25) is 0 Å². The third-order valence-electron chi connectivity index (χ3n) is 3.32. The Balaban J connectivity index is 3.32. The van der Waals surface area contributed by atoms with E-state index in [1.807, 2.05) is 0 Å². The van der Waals surface area contributed by atoms with Gasteiger partial charge in [0.05, 0.1) is 0 Å². The molecular weight excluding hydrogens is 206 g/mol. The van der Waals surface area contributed by atoms with E-state index in [1.54, 1.807) is 32.0 Å². The molecule has 0 aromatic heterocycles. The molecule has 0 amide bonds. The molecule has 4 heteroatoms. The predicted molar refractivity (Wildman–Crippen MR) is 61.4 cm³/mol. The highest BCUT2D eigenvalue weighted by molar-refractivity contribution is 5.80.